The van der Waals surface area contributed by atoms with Gasteiger partial charge in [0.1, 0.15) is 0 Å². The molecular formula is C11H19N3O3. The monoisotopic (exact) mass is 241 g/mol. The Morgan fingerprint density at radius 1 is 1.53 bits per heavy atom. The van der Waals surface area contributed by atoms with E-state index in [1.54, 1.807) is 4.90 Å². The quantitative estimate of drug-likeness (QED) is 0.650. The third-order valence-electron chi connectivity index (χ3n) is 3.08. The summed E-state index contributed by atoms with van der Waals surface area (Å²) in [6.45, 7) is 6.01. The molecule has 2 heterocycles. The lowest BCUT2D eigenvalue weighted by Crippen LogP contribution is -2.53. The second-order valence-corrected chi connectivity index (χ2v) is 4.58. The Balaban J connectivity index is 1.81. The number of hydrogen-bond acceptors (Lipinski definition) is 4. The van der Waals surface area contributed by atoms with Gasteiger partial charge in [0, 0.05) is 26.2 Å². The maximum absolute atomic E-state index is 12.0. The first-order chi connectivity index (χ1) is 8.15. The van der Waals surface area contributed by atoms with Crippen LogP contribution in [0.4, 0.5) is 0 Å². The van der Waals surface area contributed by atoms with Crippen molar-refractivity contribution in [2.75, 3.05) is 45.9 Å². The number of carbonyl (C=O) groups excluding carboxylic acids is 2. The number of hydrogen-bond donors (Lipinski definition) is 1. The molecule has 6 heteroatoms. The fourth-order valence-corrected chi connectivity index (χ4v) is 2.18. The van der Waals surface area contributed by atoms with E-state index in [4.69, 9.17) is 4.74 Å². The molecule has 6 nitrogen and oxygen atoms in total. The van der Waals surface area contributed by atoms with E-state index >= 15 is 0 Å². The number of nitrogens with zero attached hydrogens (tertiary/aromatic N) is 2. The van der Waals surface area contributed by atoms with Crippen molar-refractivity contribution in [1.29, 1.82) is 0 Å². The third kappa shape index (κ3) is 3.41. The smallest absolute Gasteiger partial charge is 0.239 e. The van der Waals surface area contributed by atoms with Crippen molar-refractivity contribution in [2.45, 2.75) is 13.0 Å². The van der Waals surface area contributed by atoms with E-state index in [-0.39, 0.29) is 24.5 Å². The average Bonchev–Trinajstić information content (AvgIpc) is 2.29. The first-order valence-corrected chi connectivity index (χ1v) is 6.03. The molecular weight excluding hydrogens is 222 g/mol. The van der Waals surface area contributed by atoms with Crippen LogP contribution >= 0.6 is 0 Å². The van der Waals surface area contributed by atoms with Crippen molar-refractivity contribution < 1.29 is 14.3 Å². The largest absolute Gasteiger partial charge is 0.376 e. The minimum Gasteiger partial charge on any atom is -0.376 e. The minimum absolute atomic E-state index is 0.0361. The van der Waals surface area contributed by atoms with Crippen molar-refractivity contribution >= 4 is 11.8 Å². The molecule has 2 rings (SSSR count). The van der Waals surface area contributed by atoms with Gasteiger partial charge in [0.15, 0.2) is 0 Å². The van der Waals surface area contributed by atoms with Crippen LogP contribution in [0.1, 0.15) is 6.92 Å². The molecule has 2 saturated heterocycles. The molecule has 2 aliphatic heterocycles. The van der Waals surface area contributed by atoms with E-state index in [9.17, 15) is 9.59 Å². The second-order valence-electron chi connectivity index (χ2n) is 4.58. The summed E-state index contributed by atoms with van der Waals surface area (Å²) in [7, 11) is 0. The summed E-state index contributed by atoms with van der Waals surface area (Å²) < 4.78 is 5.42. The van der Waals surface area contributed by atoms with Crippen molar-refractivity contribution in [3.63, 3.8) is 0 Å². The molecule has 0 radical (unpaired) electrons. The molecule has 0 bridgehead atoms. The van der Waals surface area contributed by atoms with Gasteiger partial charge in [0.25, 0.3) is 0 Å². The Hall–Kier alpha value is -1.14. The lowest BCUT2D eigenvalue weighted by molar-refractivity contribution is -0.140. The fourth-order valence-electron chi connectivity index (χ4n) is 2.18. The molecule has 0 aliphatic carbocycles. The van der Waals surface area contributed by atoms with E-state index in [0.717, 1.165) is 13.1 Å². The van der Waals surface area contributed by atoms with Gasteiger partial charge in [-0.25, -0.2) is 0 Å². The molecule has 0 saturated carbocycles. The van der Waals surface area contributed by atoms with E-state index in [1.807, 2.05) is 6.92 Å². The van der Waals surface area contributed by atoms with Crippen LogP contribution in [0.3, 0.4) is 0 Å². The summed E-state index contributed by atoms with van der Waals surface area (Å²) in [6, 6.07) is 0. The number of rotatable bonds is 2. The number of nitrogens with one attached hydrogen (secondary N) is 1. The molecule has 2 aliphatic rings. The highest BCUT2D eigenvalue weighted by Gasteiger charge is 2.24. The summed E-state index contributed by atoms with van der Waals surface area (Å²) in [6.07, 6.45) is 0.182. The Morgan fingerprint density at radius 3 is 3.06 bits per heavy atom. The Labute approximate surface area is 101 Å². The molecule has 0 aromatic rings. The van der Waals surface area contributed by atoms with Gasteiger partial charge >= 0.3 is 0 Å². The maximum atomic E-state index is 12.0. The summed E-state index contributed by atoms with van der Waals surface area (Å²) in [5.74, 6) is -0.0334. The maximum Gasteiger partial charge on any atom is 0.239 e. The van der Waals surface area contributed by atoms with E-state index < -0.39 is 0 Å². The van der Waals surface area contributed by atoms with Crippen molar-refractivity contribution in [1.82, 2.24) is 15.1 Å². The highest BCUT2D eigenvalue weighted by atomic mass is 16.5. The van der Waals surface area contributed by atoms with Crippen LogP contribution in [-0.2, 0) is 14.3 Å². The van der Waals surface area contributed by atoms with Crippen molar-refractivity contribution in [2.24, 2.45) is 0 Å². The molecule has 0 aromatic carbocycles. The van der Waals surface area contributed by atoms with E-state index in [2.05, 4.69) is 10.2 Å². The first-order valence-electron chi connectivity index (χ1n) is 6.03. The second kappa shape index (κ2) is 5.46. The SMILES string of the molecule is CC1CN(CC(=O)N2CCNC(=O)C2)CCO1. The Morgan fingerprint density at radius 2 is 2.35 bits per heavy atom. The standard InChI is InChI=1S/C11H19N3O3/c1-9-6-13(4-5-17-9)8-11(16)14-3-2-12-10(15)7-14/h9H,2-8H2,1H3,(H,12,15). The minimum atomic E-state index is -0.0695. The van der Waals surface area contributed by atoms with Crippen LogP contribution in [0, 0.1) is 0 Å². The highest BCUT2D eigenvalue weighted by Crippen LogP contribution is 2.05. The summed E-state index contributed by atoms with van der Waals surface area (Å²) in [5, 5.41) is 2.71. The van der Waals surface area contributed by atoms with Gasteiger partial charge in [0.05, 0.1) is 25.8 Å². The number of ether oxygens (including phenoxy) is 1. The van der Waals surface area contributed by atoms with Gasteiger partial charge in [0.2, 0.25) is 11.8 Å². The summed E-state index contributed by atoms with van der Waals surface area (Å²) >= 11 is 0. The molecule has 1 N–H and O–H groups in total. The number of amides is 2. The fraction of sp³-hybridized carbons (Fsp3) is 0.818. The van der Waals surface area contributed by atoms with Gasteiger partial charge in [-0.2, -0.15) is 0 Å². The van der Waals surface area contributed by atoms with Crippen LogP contribution in [-0.4, -0.2) is 73.6 Å². The van der Waals surface area contributed by atoms with Crippen molar-refractivity contribution in [3.8, 4) is 0 Å². The van der Waals surface area contributed by atoms with Crippen molar-refractivity contribution in [3.05, 3.63) is 0 Å². The van der Waals surface area contributed by atoms with E-state index in [0.29, 0.717) is 26.2 Å². The molecule has 0 spiro atoms. The number of morpholine rings is 1. The zero-order chi connectivity index (χ0) is 12.3. The lowest BCUT2D eigenvalue weighted by atomic mass is 10.3. The average molecular weight is 241 g/mol. The topological polar surface area (TPSA) is 61.9 Å². The third-order valence-corrected chi connectivity index (χ3v) is 3.08. The van der Waals surface area contributed by atoms with E-state index in [1.165, 1.54) is 0 Å². The van der Waals surface area contributed by atoms with Gasteiger partial charge < -0.3 is 15.0 Å². The molecule has 96 valence electrons. The molecule has 1 unspecified atom stereocenters. The Bertz CT molecular complexity index is 308. The number of piperazine rings is 1. The van der Waals surface area contributed by atoms with Gasteiger partial charge in [-0.05, 0) is 6.92 Å². The summed E-state index contributed by atoms with van der Waals surface area (Å²) in [4.78, 5) is 26.9. The zero-order valence-corrected chi connectivity index (χ0v) is 10.1. The van der Waals surface area contributed by atoms with Gasteiger partial charge in [-0.15, -0.1) is 0 Å². The lowest BCUT2D eigenvalue weighted by Gasteiger charge is -2.33. The normalized spacial score (nSPS) is 26.8. The van der Waals surface area contributed by atoms with Gasteiger partial charge in [-0.1, -0.05) is 0 Å². The highest BCUT2D eigenvalue weighted by molar-refractivity contribution is 5.86. The number of carbonyl (C=O) groups is 2. The predicted molar refractivity (Wildman–Crippen MR) is 61.4 cm³/mol. The molecule has 2 fully saturated rings. The molecule has 2 amide bonds. The Kier molecular flexibility index (Phi) is 3.96. The van der Waals surface area contributed by atoms with Crippen LogP contribution in [0.15, 0.2) is 0 Å². The van der Waals surface area contributed by atoms with Crippen LogP contribution in [0.2, 0.25) is 0 Å². The predicted octanol–water partition coefficient (Wildman–Crippen LogP) is -1.33. The molecule has 1 atom stereocenters. The van der Waals surface area contributed by atoms with Crippen LogP contribution in [0.25, 0.3) is 0 Å². The zero-order valence-electron chi connectivity index (χ0n) is 10.1. The first kappa shape index (κ1) is 12.3. The molecule has 17 heavy (non-hydrogen) atoms. The van der Waals surface area contributed by atoms with Crippen LogP contribution in [0.5, 0.6) is 0 Å². The summed E-state index contributed by atoms with van der Waals surface area (Å²) in [5.41, 5.74) is 0. The van der Waals surface area contributed by atoms with Crippen LogP contribution < -0.4 is 5.32 Å². The molecule has 0 aromatic heterocycles. The van der Waals surface area contributed by atoms with Gasteiger partial charge in [-0.3, -0.25) is 14.5 Å².